The van der Waals surface area contributed by atoms with E-state index in [1.54, 1.807) is 0 Å². The first kappa shape index (κ1) is 20.6. The van der Waals surface area contributed by atoms with Crippen LogP contribution < -0.4 is 10.6 Å². The van der Waals surface area contributed by atoms with Crippen LogP contribution in [0, 0.1) is 0 Å². The van der Waals surface area contributed by atoms with Gasteiger partial charge in [0.2, 0.25) is 0 Å². The van der Waals surface area contributed by atoms with Crippen molar-refractivity contribution in [3.05, 3.63) is 65.7 Å². The number of aromatic amines is 1. The van der Waals surface area contributed by atoms with Crippen molar-refractivity contribution >= 4 is 33.4 Å². The van der Waals surface area contributed by atoms with Crippen LogP contribution in [0.1, 0.15) is 41.6 Å². The highest BCUT2D eigenvalue weighted by atomic mass is 16.1. The fourth-order valence-corrected chi connectivity index (χ4v) is 4.44. The predicted octanol–water partition coefficient (Wildman–Crippen LogP) is 4.07. The molecule has 0 spiro atoms. The molecule has 1 saturated heterocycles. The number of hydrogen-bond donors (Lipinski definition) is 3. The molecule has 7 nitrogen and oxygen atoms in total. The molecule has 3 N–H and O–H groups in total. The van der Waals surface area contributed by atoms with E-state index < -0.39 is 0 Å². The minimum absolute atomic E-state index is 0.139. The van der Waals surface area contributed by atoms with Crippen LogP contribution in [-0.2, 0) is 13.1 Å². The van der Waals surface area contributed by atoms with Gasteiger partial charge in [0, 0.05) is 35.4 Å². The zero-order valence-electron chi connectivity index (χ0n) is 18.5. The molecule has 1 atom stereocenters. The molecule has 0 aliphatic carbocycles. The molecule has 1 amide bonds. The Labute approximate surface area is 187 Å². The number of hydrogen-bond acceptors (Lipinski definition) is 5. The largest absolute Gasteiger partial charge is 0.341 e. The van der Waals surface area contributed by atoms with Gasteiger partial charge in [-0.2, -0.15) is 0 Å². The van der Waals surface area contributed by atoms with Gasteiger partial charge in [0.25, 0.3) is 5.91 Å². The average Bonchev–Trinajstić information content (AvgIpc) is 3.38. The second-order valence-electron chi connectivity index (χ2n) is 8.60. The van der Waals surface area contributed by atoms with Gasteiger partial charge in [-0.3, -0.25) is 14.7 Å². The van der Waals surface area contributed by atoms with E-state index in [0.29, 0.717) is 18.2 Å². The minimum Gasteiger partial charge on any atom is -0.341 e. The molecule has 0 unspecified atom stereocenters. The summed E-state index contributed by atoms with van der Waals surface area (Å²) in [6.45, 7) is 4.92. The predicted molar refractivity (Wildman–Crippen MR) is 128 cm³/mol. The molecule has 4 aromatic rings. The maximum absolute atomic E-state index is 12.9. The van der Waals surface area contributed by atoms with Gasteiger partial charge in [-0.05, 0) is 75.1 Å². The molecule has 0 saturated carbocycles. The van der Waals surface area contributed by atoms with Crippen molar-refractivity contribution in [2.45, 2.75) is 38.9 Å². The standard InChI is InChI=1S/C25H28N6O/c1-16-4-3-9-31(16)15-24-29-22-8-7-20(12-23(22)30-24)28-25(32)17-5-6-18-13-27-21(14-26-2)11-19(18)10-17/h5-8,10-13,16,26H,3-4,9,14-15H2,1-2H3,(H,28,32)(H,29,30)/t16-/m0/s1. The van der Waals surface area contributed by atoms with E-state index in [1.807, 2.05) is 55.7 Å². The first-order valence-corrected chi connectivity index (χ1v) is 11.2. The number of anilines is 1. The third-order valence-electron chi connectivity index (χ3n) is 6.23. The SMILES string of the molecule is CNCc1cc2cc(C(=O)Nc3ccc4[nH]c(CN5CCC[C@@H]5C)nc4c3)ccc2cn1. The Kier molecular flexibility index (Phi) is 5.59. The lowest BCUT2D eigenvalue weighted by Crippen LogP contribution is -2.26. The second-order valence-corrected chi connectivity index (χ2v) is 8.60. The number of pyridine rings is 1. The van der Waals surface area contributed by atoms with E-state index in [2.05, 4.69) is 32.4 Å². The molecule has 2 aromatic carbocycles. The van der Waals surface area contributed by atoms with Crippen LogP contribution in [0.25, 0.3) is 21.8 Å². The molecule has 1 fully saturated rings. The Hall–Kier alpha value is -3.29. The Morgan fingerprint density at radius 1 is 1.19 bits per heavy atom. The Morgan fingerprint density at radius 3 is 2.91 bits per heavy atom. The number of fused-ring (bicyclic) bond motifs is 2. The average molecular weight is 429 g/mol. The molecule has 5 rings (SSSR count). The van der Waals surface area contributed by atoms with Crippen molar-refractivity contribution in [1.29, 1.82) is 0 Å². The van der Waals surface area contributed by atoms with Gasteiger partial charge in [0.1, 0.15) is 5.82 Å². The lowest BCUT2D eigenvalue weighted by Gasteiger charge is -2.19. The zero-order valence-corrected chi connectivity index (χ0v) is 18.5. The van der Waals surface area contributed by atoms with E-state index in [1.165, 1.54) is 12.8 Å². The van der Waals surface area contributed by atoms with Gasteiger partial charge < -0.3 is 15.6 Å². The number of imidazole rings is 1. The molecule has 3 heterocycles. The summed E-state index contributed by atoms with van der Waals surface area (Å²) in [5.74, 6) is 0.831. The van der Waals surface area contributed by atoms with Crippen molar-refractivity contribution in [2.24, 2.45) is 0 Å². The summed E-state index contributed by atoms with van der Waals surface area (Å²) in [6.07, 6.45) is 4.34. The summed E-state index contributed by atoms with van der Waals surface area (Å²) < 4.78 is 0. The number of amides is 1. The summed E-state index contributed by atoms with van der Waals surface area (Å²) in [6, 6.07) is 14.1. The molecule has 0 bridgehead atoms. The van der Waals surface area contributed by atoms with E-state index >= 15 is 0 Å². The van der Waals surface area contributed by atoms with Crippen LogP contribution >= 0.6 is 0 Å². The van der Waals surface area contributed by atoms with Crippen molar-refractivity contribution in [2.75, 3.05) is 18.9 Å². The van der Waals surface area contributed by atoms with Crippen LogP contribution in [0.5, 0.6) is 0 Å². The highest BCUT2D eigenvalue weighted by Gasteiger charge is 2.21. The van der Waals surface area contributed by atoms with Crippen molar-refractivity contribution in [1.82, 2.24) is 25.2 Å². The number of benzene rings is 2. The highest BCUT2D eigenvalue weighted by molar-refractivity contribution is 6.07. The third kappa shape index (κ3) is 4.22. The lowest BCUT2D eigenvalue weighted by molar-refractivity contribution is 0.102. The Balaban J connectivity index is 1.33. The van der Waals surface area contributed by atoms with E-state index in [4.69, 9.17) is 4.98 Å². The van der Waals surface area contributed by atoms with Crippen molar-refractivity contribution < 1.29 is 4.79 Å². The molecular formula is C25H28N6O. The fraction of sp³-hybridized carbons (Fsp3) is 0.320. The molecule has 164 valence electrons. The number of nitrogens with one attached hydrogen (secondary N) is 3. The summed E-state index contributed by atoms with van der Waals surface area (Å²) in [5.41, 5.74) is 4.15. The monoisotopic (exact) mass is 428 g/mol. The van der Waals surface area contributed by atoms with Gasteiger partial charge >= 0.3 is 0 Å². The second kappa shape index (κ2) is 8.68. The molecule has 1 aliphatic heterocycles. The number of aromatic nitrogens is 3. The molecule has 7 heteroatoms. The first-order chi connectivity index (χ1) is 15.6. The third-order valence-corrected chi connectivity index (χ3v) is 6.23. The molecule has 2 aromatic heterocycles. The van der Waals surface area contributed by atoms with Crippen molar-refractivity contribution in [3.8, 4) is 0 Å². The van der Waals surface area contributed by atoms with E-state index in [9.17, 15) is 4.79 Å². The maximum atomic E-state index is 12.9. The van der Waals surface area contributed by atoms with Crippen LogP contribution in [0.4, 0.5) is 5.69 Å². The zero-order chi connectivity index (χ0) is 22.1. The number of carbonyl (C=O) groups is 1. The number of rotatable bonds is 6. The Morgan fingerprint density at radius 2 is 2.09 bits per heavy atom. The van der Waals surface area contributed by atoms with Gasteiger partial charge in [0.15, 0.2) is 0 Å². The normalized spacial score (nSPS) is 16.8. The summed E-state index contributed by atoms with van der Waals surface area (Å²) in [4.78, 5) is 28.0. The van der Waals surface area contributed by atoms with Crippen molar-refractivity contribution in [3.63, 3.8) is 0 Å². The highest BCUT2D eigenvalue weighted by Crippen LogP contribution is 2.23. The Bertz CT molecular complexity index is 1280. The van der Waals surface area contributed by atoms with Crippen LogP contribution in [0.15, 0.2) is 48.7 Å². The van der Waals surface area contributed by atoms with Gasteiger partial charge in [-0.1, -0.05) is 6.07 Å². The smallest absolute Gasteiger partial charge is 0.255 e. The fourth-order valence-electron chi connectivity index (χ4n) is 4.44. The number of likely N-dealkylation sites (tertiary alicyclic amines) is 1. The molecule has 1 aliphatic rings. The van der Waals surface area contributed by atoms with Crippen LogP contribution in [-0.4, -0.2) is 45.4 Å². The van der Waals surface area contributed by atoms with Crippen LogP contribution in [0.2, 0.25) is 0 Å². The van der Waals surface area contributed by atoms with Gasteiger partial charge in [0.05, 0.1) is 23.3 Å². The van der Waals surface area contributed by atoms with E-state index in [0.717, 1.165) is 52.1 Å². The molecule has 32 heavy (non-hydrogen) atoms. The molecule has 0 radical (unpaired) electrons. The summed E-state index contributed by atoms with van der Waals surface area (Å²) in [7, 11) is 1.89. The van der Waals surface area contributed by atoms with Gasteiger partial charge in [-0.15, -0.1) is 0 Å². The topological polar surface area (TPSA) is 85.9 Å². The van der Waals surface area contributed by atoms with Crippen LogP contribution in [0.3, 0.4) is 0 Å². The summed E-state index contributed by atoms with van der Waals surface area (Å²) in [5, 5.41) is 8.13. The lowest BCUT2D eigenvalue weighted by atomic mass is 10.1. The first-order valence-electron chi connectivity index (χ1n) is 11.2. The quantitative estimate of drug-likeness (QED) is 0.431. The maximum Gasteiger partial charge on any atom is 0.255 e. The minimum atomic E-state index is -0.139. The number of nitrogens with zero attached hydrogens (tertiary/aromatic N) is 3. The number of H-pyrrole nitrogens is 1. The molecular weight excluding hydrogens is 400 g/mol. The van der Waals surface area contributed by atoms with Gasteiger partial charge in [-0.25, -0.2) is 4.98 Å². The number of carbonyl (C=O) groups excluding carboxylic acids is 1. The summed E-state index contributed by atoms with van der Waals surface area (Å²) >= 11 is 0. The van der Waals surface area contributed by atoms with E-state index in [-0.39, 0.29) is 5.91 Å².